The molecule has 2 rings (SSSR count). The fraction of sp³-hybridized carbons (Fsp3) is 0.350. The highest BCUT2D eigenvalue weighted by Crippen LogP contribution is 2.40. The molecule has 0 saturated carbocycles. The molecule has 0 unspecified atom stereocenters. The normalized spacial score (nSPS) is 11.9. The zero-order valence-electron chi connectivity index (χ0n) is 17.6. The summed E-state index contributed by atoms with van der Waals surface area (Å²) in [7, 11) is 2.83. The summed E-state index contributed by atoms with van der Waals surface area (Å²) in [5.74, 6) is 2.18. The van der Waals surface area contributed by atoms with Crippen molar-refractivity contribution in [2.45, 2.75) is 11.8 Å². The Morgan fingerprint density at radius 3 is 2.13 bits per heavy atom. The summed E-state index contributed by atoms with van der Waals surface area (Å²) >= 11 is 5.81. The molecule has 0 aliphatic carbocycles. The molecule has 30 heavy (non-hydrogen) atoms. The van der Waals surface area contributed by atoms with Crippen molar-refractivity contribution < 1.29 is 22.6 Å². The Balaban J connectivity index is 2.06. The molecule has 0 amide bonds. The molecule has 2 aromatic carbocycles. The van der Waals surface area contributed by atoms with Crippen molar-refractivity contribution in [1.82, 2.24) is 9.62 Å². The van der Waals surface area contributed by atoms with E-state index in [1.54, 1.807) is 12.1 Å². The predicted molar refractivity (Wildman–Crippen MR) is 118 cm³/mol. The number of nitrogens with zero attached hydrogens (tertiary/aromatic N) is 2. The second kappa shape index (κ2) is 10.5. The van der Waals surface area contributed by atoms with Gasteiger partial charge in [-0.15, -0.1) is 0 Å². The number of likely N-dealkylation sites (N-methyl/N-ethyl adjacent to an activating group) is 1. The van der Waals surface area contributed by atoms with Crippen LogP contribution in [0.3, 0.4) is 0 Å². The van der Waals surface area contributed by atoms with Gasteiger partial charge in [0.2, 0.25) is 15.8 Å². The van der Waals surface area contributed by atoms with Crippen molar-refractivity contribution >= 4 is 33.1 Å². The van der Waals surface area contributed by atoms with Crippen LogP contribution >= 0.6 is 11.6 Å². The molecule has 0 heterocycles. The monoisotopic (exact) mass is 455 g/mol. The first kappa shape index (κ1) is 23.8. The Bertz CT molecular complexity index is 969. The predicted octanol–water partition coefficient (Wildman–Crippen LogP) is 3.33. The molecule has 8 nitrogen and oxygen atoms in total. The second-order valence-electron chi connectivity index (χ2n) is 6.32. The minimum Gasteiger partial charge on any atom is -0.493 e. The Hall–Kier alpha value is -2.49. The number of amidine groups is 1. The Morgan fingerprint density at radius 2 is 1.63 bits per heavy atom. The van der Waals surface area contributed by atoms with E-state index < -0.39 is 10.0 Å². The van der Waals surface area contributed by atoms with Gasteiger partial charge in [-0.05, 0) is 31.2 Å². The fourth-order valence-corrected chi connectivity index (χ4v) is 3.76. The van der Waals surface area contributed by atoms with E-state index in [4.69, 9.17) is 25.8 Å². The number of methoxy groups -OCH3 is 3. The molecular formula is C20H26ClN3O5S. The number of aliphatic imine (C=N–C) groups is 1. The lowest BCUT2D eigenvalue weighted by atomic mass is 10.2. The molecule has 164 valence electrons. The van der Waals surface area contributed by atoms with E-state index in [1.807, 2.05) is 18.9 Å². The van der Waals surface area contributed by atoms with Crippen molar-refractivity contribution in [1.29, 1.82) is 0 Å². The van der Waals surface area contributed by atoms with E-state index in [0.29, 0.717) is 40.3 Å². The molecule has 0 spiro atoms. The van der Waals surface area contributed by atoms with Crippen LogP contribution in [-0.4, -0.2) is 60.6 Å². The molecule has 0 aliphatic rings. The van der Waals surface area contributed by atoms with Crippen molar-refractivity contribution in [3.63, 3.8) is 0 Å². The summed E-state index contributed by atoms with van der Waals surface area (Å²) in [6.07, 6.45) is 0. The summed E-state index contributed by atoms with van der Waals surface area (Å²) < 4.78 is 43.3. The quantitative estimate of drug-likeness (QED) is 0.461. The van der Waals surface area contributed by atoms with Gasteiger partial charge in [-0.2, -0.15) is 0 Å². The first-order chi connectivity index (χ1) is 14.2. The molecule has 0 bridgehead atoms. The number of nitrogens with one attached hydrogen (secondary N) is 1. The van der Waals surface area contributed by atoms with Crippen LogP contribution < -0.4 is 18.9 Å². The fourth-order valence-electron chi connectivity index (χ4n) is 2.61. The summed E-state index contributed by atoms with van der Waals surface area (Å²) in [5.41, 5.74) is 0.621. The van der Waals surface area contributed by atoms with Crippen LogP contribution in [0.15, 0.2) is 46.3 Å². The summed E-state index contributed by atoms with van der Waals surface area (Å²) in [4.78, 5) is 6.57. The highest BCUT2D eigenvalue weighted by Gasteiger charge is 2.15. The zero-order valence-corrected chi connectivity index (χ0v) is 19.2. The molecule has 0 saturated heterocycles. The molecule has 0 radical (unpaired) electrons. The maximum Gasteiger partial charge on any atom is 0.240 e. The molecule has 0 aromatic heterocycles. The molecule has 0 atom stereocenters. The first-order valence-electron chi connectivity index (χ1n) is 9.03. The third-order valence-corrected chi connectivity index (χ3v) is 6.08. The lowest BCUT2D eigenvalue weighted by Crippen LogP contribution is -2.35. The van der Waals surface area contributed by atoms with Gasteiger partial charge in [0.05, 0.1) is 31.9 Å². The summed E-state index contributed by atoms with van der Waals surface area (Å²) in [6.45, 7) is 2.47. The number of hydrogen-bond acceptors (Lipinski definition) is 6. The minimum atomic E-state index is -3.61. The number of rotatable bonds is 9. The highest BCUT2D eigenvalue weighted by atomic mass is 35.5. The zero-order chi connectivity index (χ0) is 22.3. The summed E-state index contributed by atoms with van der Waals surface area (Å²) in [5, 5.41) is 0.479. The topological polar surface area (TPSA) is 89.5 Å². The number of sulfonamides is 1. The van der Waals surface area contributed by atoms with Crippen LogP contribution in [0.2, 0.25) is 5.02 Å². The molecule has 0 fully saturated rings. The SMILES string of the molecule is COc1cc(N=C(C)N(C)CCNS(=O)(=O)c2ccc(Cl)cc2)cc(OC)c1OC. The lowest BCUT2D eigenvalue weighted by Gasteiger charge is -2.19. The third-order valence-electron chi connectivity index (χ3n) is 4.36. The van der Waals surface area contributed by atoms with Gasteiger partial charge in [0.25, 0.3) is 0 Å². The number of hydrogen-bond donors (Lipinski definition) is 1. The summed E-state index contributed by atoms with van der Waals surface area (Å²) in [6, 6.07) is 9.48. The molecule has 1 N–H and O–H groups in total. The van der Waals surface area contributed by atoms with Gasteiger partial charge in [-0.25, -0.2) is 18.1 Å². The molecular weight excluding hydrogens is 430 g/mol. The van der Waals surface area contributed by atoms with Gasteiger partial charge in [0.15, 0.2) is 11.5 Å². The number of ether oxygens (including phenoxy) is 3. The Kier molecular flexibility index (Phi) is 8.33. The van der Waals surface area contributed by atoms with Crippen molar-refractivity contribution in [2.75, 3.05) is 41.5 Å². The van der Waals surface area contributed by atoms with Crippen LogP contribution in [0.25, 0.3) is 0 Å². The maximum absolute atomic E-state index is 12.3. The van der Waals surface area contributed by atoms with Crippen LogP contribution in [0.1, 0.15) is 6.92 Å². The molecule has 0 aliphatic heterocycles. The molecule has 2 aromatic rings. The van der Waals surface area contributed by atoms with E-state index in [0.717, 1.165) is 0 Å². The van der Waals surface area contributed by atoms with Crippen molar-refractivity contribution in [2.24, 2.45) is 4.99 Å². The van der Waals surface area contributed by atoms with Crippen LogP contribution in [-0.2, 0) is 10.0 Å². The van der Waals surface area contributed by atoms with E-state index in [-0.39, 0.29) is 11.4 Å². The molecule has 10 heteroatoms. The van der Waals surface area contributed by atoms with Gasteiger partial charge >= 0.3 is 0 Å². The Morgan fingerprint density at radius 1 is 1.07 bits per heavy atom. The third kappa shape index (κ3) is 6.01. The average Bonchev–Trinajstić information content (AvgIpc) is 2.72. The standard InChI is InChI=1S/C20H26ClN3O5S/c1-14(23-16-12-18(27-3)20(29-5)19(13-16)28-4)24(2)11-10-22-30(25,26)17-8-6-15(21)7-9-17/h6-9,12-13,22H,10-11H2,1-5H3. The van der Waals surface area contributed by atoms with E-state index >= 15 is 0 Å². The average molecular weight is 456 g/mol. The van der Waals surface area contributed by atoms with Gasteiger partial charge in [0.1, 0.15) is 5.84 Å². The van der Waals surface area contributed by atoms with Crippen LogP contribution in [0.4, 0.5) is 5.69 Å². The van der Waals surface area contributed by atoms with Crippen LogP contribution in [0, 0.1) is 0 Å². The van der Waals surface area contributed by atoms with Crippen molar-refractivity contribution in [3.05, 3.63) is 41.4 Å². The lowest BCUT2D eigenvalue weighted by molar-refractivity contribution is 0.324. The van der Waals surface area contributed by atoms with Gasteiger partial charge in [0, 0.05) is 37.3 Å². The van der Waals surface area contributed by atoms with E-state index in [9.17, 15) is 8.42 Å². The second-order valence-corrected chi connectivity index (χ2v) is 8.52. The minimum absolute atomic E-state index is 0.164. The number of benzene rings is 2. The highest BCUT2D eigenvalue weighted by molar-refractivity contribution is 7.89. The largest absolute Gasteiger partial charge is 0.493 e. The van der Waals surface area contributed by atoms with E-state index in [1.165, 1.54) is 45.6 Å². The van der Waals surface area contributed by atoms with Crippen LogP contribution in [0.5, 0.6) is 17.2 Å². The number of halogens is 1. The van der Waals surface area contributed by atoms with Gasteiger partial charge in [-0.3, -0.25) is 0 Å². The van der Waals surface area contributed by atoms with Crippen molar-refractivity contribution in [3.8, 4) is 17.2 Å². The van der Waals surface area contributed by atoms with Gasteiger partial charge in [-0.1, -0.05) is 11.6 Å². The van der Waals surface area contributed by atoms with E-state index in [2.05, 4.69) is 9.71 Å². The Labute approximate surface area is 182 Å². The van der Waals surface area contributed by atoms with Gasteiger partial charge < -0.3 is 19.1 Å². The first-order valence-corrected chi connectivity index (χ1v) is 10.9. The smallest absolute Gasteiger partial charge is 0.240 e. The maximum atomic E-state index is 12.3.